The van der Waals surface area contributed by atoms with Crippen LogP contribution in [0.2, 0.25) is 0 Å². The third-order valence-corrected chi connectivity index (χ3v) is 7.69. The number of hydrogen-bond donors (Lipinski definition) is 2. The average Bonchev–Trinajstić information content (AvgIpc) is 3.02. The molecule has 2 aromatic carbocycles. The predicted molar refractivity (Wildman–Crippen MR) is 157 cm³/mol. The van der Waals surface area contributed by atoms with Gasteiger partial charge in [-0.2, -0.15) is 26.3 Å². The van der Waals surface area contributed by atoms with Crippen molar-refractivity contribution in [2.75, 3.05) is 26.7 Å². The molecule has 3 N–H and O–H groups in total. The summed E-state index contributed by atoms with van der Waals surface area (Å²) in [5, 5.41) is 2.41. The number of fused-ring (bicyclic) bond motifs is 1. The first-order chi connectivity index (χ1) is 21.7. The minimum atomic E-state index is -5.04. The maximum Gasteiger partial charge on any atom is 0.416 e. The summed E-state index contributed by atoms with van der Waals surface area (Å²) in [5.74, 6) is -0.116. The van der Waals surface area contributed by atoms with E-state index in [4.69, 9.17) is 10.5 Å². The number of ether oxygens (including phenoxy) is 1. The molecule has 2 aromatic rings. The van der Waals surface area contributed by atoms with Gasteiger partial charge in [0.15, 0.2) is 0 Å². The van der Waals surface area contributed by atoms with Crippen LogP contribution in [0, 0.1) is 0 Å². The van der Waals surface area contributed by atoms with E-state index in [9.17, 15) is 40.7 Å². The largest absolute Gasteiger partial charge is 0.496 e. The van der Waals surface area contributed by atoms with Gasteiger partial charge in [-0.3, -0.25) is 9.59 Å². The Morgan fingerprint density at radius 1 is 1.00 bits per heavy atom. The van der Waals surface area contributed by atoms with Gasteiger partial charge in [0.25, 0.3) is 0 Å². The molecule has 0 bridgehead atoms. The van der Waals surface area contributed by atoms with Gasteiger partial charge in [-0.15, -0.1) is 0 Å². The molecule has 0 radical (unpaired) electrons. The Morgan fingerprint density at radius 3 is 2.22 bits per heavy atom. The van der Waals surface area contributed by atoms with Crippen LogP contribution < -0.4 is 15.8 Å². The summed E-state index contributed by atoms with van der Waals surface area (Å²) in [7, 11) is 1.49. The number of amides is 4. The van der Waals surface area contributed by atoms with Crippen LogP contribution in [0.4, 0.5) is 31.1 Å². The van der Waals surface area contributed by atoms with Crippen LogP contribution in [0.15, 0.2) is 42.5 Å². The number of carbonyl (C=O) groups excluding carboxylic acids is 3. The highest BCUT2D eigenvalue weighted by Crippen LogP contribution is 2.36. The molecule has 46 heavy (non-hydrogen) atoms. The van der Waals surface area contributed by atoms with E-state index in [0.717, 1.165) is 0 Å². The molecule has 2 atom stereocenters. The molecule has 254 valence electrons. The second-order valence-corrected chi connectivity index (χ2v) is 10.6. The second kappa shape index (κ2) is 15.5. The Balaban J connectivity index is 0.00000282. The molecule has 0 aromatic heterocycles. The summed E-state index contributed by atoms with van der Waals surface area (Å²) in [5.41, 5.74) is 2.93. The van der Waals surface area contributed by atoms with Crippen molar-refractivity contribution in [3.8, 4) is 5.75 Å². The summed E-state index contributed by atoms with van der Waals surface area (Å²) in [4.78, 5) is 44.4. The SMILES string of the molecule is CC.COc1ccccc1CN1CC2N(C(=O)NCc3cc(C(F)(F)F)cc(C(F)(F)F)c3)CCC(=O)N2[C@@H](CCCCN)C1=O. The van der Waals surface area contributed by atoms with Crippen LogP contribution in [0.1, 0.15) is 61.8 Å². The van der Waals surface area contributed by atoms with Crippen molar-refractivity contribution in [2.45, 2.75) is 77.2 Å². The topological polar surface area (TPSA) is 108 Å². The van der Waals surface area contributed by atoms with Crippen LogP contribution in [-0.4, -0.2) is 71.5 Å². The number of urea groups is 1. The standard InChI is InChI=1S/C29H33F6N5O4.C2H6/c1-44-23-8-3-2-6-19(23)16-38-17-24-39(11-9-25(41)40(24)22(26(38)42)7-4-5-10-36)27(43)37-15-18-12-20(28(30,31)32)14-21(13-18)29(33,34)35;1-2/h2-3,6,8,12-14,22,24H,4-5,7,9-11,15-17,36H2,1H3,(H,37,43);1-2H3/t22-,24?;/m0./s1. The molecule has 1 unspecified atom stereocenters. The number of para-hydroxylation sites is 1. The van der Waals surface area contributed by atoms with E-state index in [2.05, 4.69) is 5.32 Å². The molecule has 0 saturated carbocycles. The lowest BCUT2D eigenvalue weighted by atomic mass is 9.98. The summed E-state index contributed by atoms with van der Waals surface area (Å²) in [6, 6.07) is 6.47. The summed E-state index contributed by atoms with van der Waals surface area (Å²) in [6.45, 7) is 3.74. The number of piperazine rings is 1. The first kappa shape index (κ1) is 36.5. The van der Waals surface area contributed by atoms with Crippen LogP contribution in [0.25, 0.3) is 0 Å². The summed E-state index contributed by atoms with van der Waals surface area (Å²) >= 11 is 0. The normalized spacial score (nSPS) is 18.5. The van der Waals surface area contributed by atoms with E-state index < -0.39 is 53.8 Å². The monoisotopic (exact) mass is 659 g/mol. The van der Waals surface area contributed by atoms with Crippen LogP contribution in [-0.2, 0) is 35.0 Å². The number of methoxy groups -OCH3 is 1. The van der Waals surface area contributed by atoms with Crippen LogP contribution >= 0.6 is 0 Å². The van der Waals surface area contributed by atoms with Gasteiger partial charge in [0, 0.05) is 31.6 Å². The molecule has 2 saturated heterocycles. The van der Waals surface area contributed by atoms with Crippen LogP contribution in [0.5, 0.6) is 5.75 Å². The van der Waals surface area contributed by atoms with Gasteiger partial charge in [0.05, 0.1) is 24.8 Å². The zero-order valence-corrected chi connectivity index (χ0v) is 25.9. The fourth-order valence-electron chi connectivity index (χ4n) is 5.56. The zero-order valence-electron chi connectivity index (χ0n) is 25.9. The number of nitrogens with one attached hydrogen (secondary N) is 1. The molecule has 15 heteroatoms. The van der Waals surface area contributed by atoms with Gasteiger partial charge in [-0.1, -0.05) is 32.0 Å². The van der Waals surface area contributed by atoms with E-state index in [1.54, 1.807) is 24.3 Å². The Morgan fingerprint density at radius 2 is 1.63 bits per heavy atom. The van der Waals surface area contributed by atoms with Crippen molar-refractivity contribution in [1.82, 2.24) is 20.0 Å². The molecule has 0 spiro atoms. The second-order valence-electron chi connectivity index (χ2n) is 10.6. The van der Waals surface area contributed by atoms with E-state index in [0.29, 0.717) is 49.3 Å². The number of halogens is 6. The predicted octanol–water partition coefficient (Wildman–Crippen LogP) is 5.37. The Bertz CT molecular complexity index is 1340. The Kier molecular flexibility index (Phi) is 12.3. The highest BCUT2D eigenvalue weighted by molar-refractivity contribution is 5.91. The van der Waals surface area contributed by atoms with Crippen molar-refractivity contribution < 1.29 is 45.5 Å². The summed E-state index contributed by atoms with van der Waals surface area (Å²) in [6.07, 6.45) is -9.67. The van der Waals surface area contributed by atoms with E-state index in [-0.39, 0.29) is 43.9 Å². The maximum absolute atomic E-state index is 13.7. The fourth-order valence-corrected chi connectivity index (χ4v) is 5.56. The van der Waals surface area contributed by atoms with Crippen molar-refractivity contribution >= 4 is 17.8 Å². The highest BCUT2D eigenvalue weighted by atomic mass is 19.4. The van der Waals surface area contributed by atoms with Gasteiger partial charge < -0.3 is 30.5 Å². The number of alkyl halides is 6. The number of hydrogen-bond acceptors (Lipinski definition) is 5. The third kappa shape index (κ3) is 8.62. The minimum Gasteiger partial charge on any atom is -0.496 e. The molecule has 4 rings (SSSR count). The number of nitrogens with zero attached hydrogens (tertiary/aromatic N) is 3. The van der Waals surface area contributed by atoms with Gasteiger partial charge >= 0.3 is 18.4 Å². The molecule has 2 fully saturated rings. The molecule has 2 aliphatic rings. The smallest absolute Gasteiger partial charge is 0.416 e. The number of benzene rings is 2. The van der Waals surface area contributed by atoms with E-state index in [1.165, 1.54) is 21.8 Å². The average molecular weight is 660 g/mol. The van der Waals surface area contributed by atoms with Crippen LogP contribution in [0.3, 0.4) is 0 Å². The molecule has 9 nitrogen and oxygen atoms in total. The molecular formula is C31H39F6N5O4. The summed E-state index contributed by atoms with van der Waals surface area (Å²) < 4.78 is 85.3. The highest BCUT2D eigenvalue weighted by Gasteiger charge is 2.48. The van der Waals surface area contributed by atoms with Gasteiger partial charge in [0.2, 0.25) is 11.8 Å². The lowest BCUT2D eigenvalue weighted by Crippen LogP contribution is -2.71. The quantitative estimate of drug-likeness (QED) is 0.278. The first-order valence-electron chi connectivity index (χ1n) is 15.0. The number of nitrogens with two attached hydrogens (primary N) is 1. The van der Waals surface area contributed by atoms with Crippen molar-refractivity contribution in [3.05, 3.63) is 64.7 Å². The Labute approximate surface area is 263 Å². The fraction of sp³-hybridized carbons (Fsp3) is 0.516. The molecule has 4 amide bonds. The Hall–Kier alpha value is -4.01. The molecule has 0 aliphatic carbocycles. The third-order valence-electron chi connectivity index (χ3n) is 7.69. The van der Waals surface area contributed by atoms with Gasteiger partial charge in [0.1, 0.15) is 18.0 Å². The van der Waals surface area contributed by atoms with Gasteiger partial charge in [-0.05, 0) is 55.6 Å². The molecule has 2 heterocycles. The van der Waals surface area contributed by atoms with Crippen molar-refractivity contribution in [1.29, 1.82) is 0 Å². The number of rotatable bonds is 9. The molecule has 2 aliphatic heterocycles. The van der Waals surface area contributed by atoms with Crippen molar-refractivity contribution in [2.24, 2.45) is 5.73 Å². The molecular weight excluding hydrogens is 620 g/mol. The lowest BCUT2D eigenvalue weighted by molar-refractivity contribution is -0.167. The number of carbonyl (C=O) groups is 3. The maximum atomic E-state index is 13.7. The zero-order chi connectivity index (χ0) is 34.2. The van der Waals surface area contributed by atoms with E-state index in [1.807, 2.05) is 13.8 Å². The van der Waals surface area contributed by atoms with Crippen molar-refractivity contribution in [3.63, 3.8) is 0 Å². The first-order valence-corrected chi connectivity index (χ1v) is 15.0. The van der Waals surface area contributed by atoms with Gasteiger partial charge in [-0.25, -0.2) is 4.79 Å². The number of unbranched alkanes of at least 4 members (excludes halogenated alkanes) is 1. The van der Waals surface area contributed by atoms with E-state index >= 15 is 0 Å². The lowest BCUT2D eigenvalue weighted by Gasteiger charge is -2.52. The minimum absolute atomic E-state index is 0.0135.